The molecule has 2 fully saturated rings. The molecule has 10 nitrogen and oxygen atoms in total. The third-order valence-corrected chi connectivity index (χ3v) is 10.1. The van der Waals surface area contributed by atoms with Gasteiger partial charge in [-0.1, -0.05) is 30.3 Å². The molecule has 3 aromatic heterocycles. The summed E-state index contributed by atoms with van der Waals surface area (Å²) in [6.45, 7) is 4.39. The molecule has 0 saturated carbocycles. The Hall–Kier alpha value is -4.68. The van der Waals surface area contributed by atoms with E-state index in [0.29, 0.717) is 54.0 Å². The molecule has 0 unspecified atom stereocenters. The highest BCUT2D eigenvalue weighted by molar-refractivity contribution is 5.90. The molecule has 0 bridgehead atoms. The number of methoxy groups -OCH3 is 1. The molecule has 258 valence electrons. The van der Waals surface area contributed by atoms with Gasteiger partial charge in [0.05, 0.1) is 25.0 Å². The quantitative estimate of drug-likeness (QED) is 0.168. The lowest BCUT2D eigenvalue weighted by Gasteiger charge is -2.19. The van der Waals surface area contributed by atoms with E-state index in [1.807, 2.05) is 54.7 Å². The molecule has 5 aromatic rings. The second kappa shape index (κ2) is 13.9. The first-order valence-electron chi connectivity index (χ1n) is 17.3. The number of ether oxygens (including phenoxy) is 2. The maximum Gasteiger partial charge on any atom is 0.220 e. The topological polar surface area (TPSA) is 116 Å². The first-order valence-corrected chi connectivity index (χ1v) is 17.3. The molecule has 5 heterocycles. The number of hydrogen-bond donors (Lipinski definition) is 3. The SMILES string of the molecule is COc1nc(O[C@@H]2CCc3c(-c4cccc(Nc5nccc6cc(CN7CC[C@@H](O)C7)cnc56)c4F)cccc32)ccc1CN1CC[C@@H](O)C1. The zero-order valence-electron chi connectivity index (χ0n) is 28.1. The van der Waals surface area contributed by atoms with Crippen LogP contribution in [0.15, 0.2) is 73.1 Å². The number of β-amino-alcohol motifs (C(OH)–C–C–N with tert-alkyl or cyclic N) is 2. The van der Waals surface area contributed by atoms with Crippen LogP contribution in [0.3, 0.4) is 0 Å². The number of hydrogen-bond acceptors (Lipinski definition) is 10. The fourth-order valence-corrected chi connectivity index (χ4v) is 7.61. The van der Waals surface area contributed by atoms with Gasteiger partial charge in [0.25, 0.3) is 0 Å². The third-order valence-electron chi connectivity index (χ3n) is 10.1. The Morgan fingerprint density at radius 2 is 1.68 bits per heavy atom. The number of aliphatic hydroxyl groups is 2. The monoisotopic (exact) mass is 676 g/mol. The van der Waals surface area contributed by atoms with Gasteiger partial charge in [0.1, 0.15) is 11.6 Å². The molecule has 3 N–H and O–H groups in total. The fraction of sp³-hybridized carbons (Fsp3) is 0.359. The molecule has 3 aliphatic rings. The van der Waals surface area contributed by atoms with E-state index in [9.17, 15) is 10.2 Å². The van der Waals surface area contributed by atoms with Crippen LogP contribution in [0.5, 0.6) is 11.8 Å². The van der Waals surface area contributed by atoms with Crippen molar-refractivity contribution in [2.45, 2.75) is 57.1 Å². The number of nitrogens with one attached hydrogen (secondary N) is 1. The van der Waals surface area contributed by atoms with Crippen LogP contribution in [-0.4, -0.2) is 80.5 Å². The van der Waals surface area contributed by atoms with Crippen LogP contribution in [0.1, 0.15) is 47.6 Å². The van der Waals surface area contributed by atoms with E-state index in [2.05, 4.69) is 31.2 Å². The first-order chi connectivity index (χ1) is 24.4. The molecule has 8 rings (SSSR count). The summed E-state index contributed by atoms with van der Waals surface area (Å²) in [5.74, 6) is 1.12. The lowest BCUT2D eigenvalue weighted by Crippen LogP contribution is -2.22. The fourth-order valence-electron chi connectivity index (χ4n) is 7.61. The number of likely N-dealkylation sites (tertiary alicyclic amines) is 2. The summed E-state index contributed by atoms with van der Waals surface area (Å²) >= 11 is 0. The normalized spacial score (nSPS) is 20.8. The summed E-state index contributed by atoms with van der Waals surface area (Å²) in [6.07, 6.45) is 5.81. The highest BCUT2D eigenvalue weighted by atomic mass is 19.1. The summed E-state index contributed by atoms with van der Waals surface area (Å²) < 4.78 is 28.4. The minimum atomic E-state index is -0.360. The maximum atomic E-state index is 16.4. The minimum Gasteiger partial charge on any atom is -0.481 e. The zero-order chi connectivity index (χ0) is 34.2. The summed E-state index contributed by atoms with van der Waals surface area (Å²) in [5, 5.41) is 23.9. The van der Waals surface area contributed by atoms with Crippen LogP contribution in [-0.2, 0) is 19.5 Å². The number of aliphatic hydroxyl groups excluding tert-OH is 2. The van der Waals surface area contributed by atoms with Gasteiger partial charge in [0.2, 0.25) is 11.8 Å². The number of rotatable bonds is 10. The Kier molecular flexibility index (Phi) is 9.05. The summed E-state index contributed by atoms with van der Waals surface area (Å²) in [4.78, 5) is 18.3. The van der Waals surface area contributed by atoms with E-state index in [1.54, 1.807) is 19.4 Å². The van der Waals surface area contributed by atoms with Crippen molar-refractivity contribution in [1.82, 2.24) is 24.8 Å². The first kappa shape index (κ1) is 32.5. The molecule has 2 saturated heterocycles. The number of halogens is 1. The van der Waals surface area contributed by atoms with Crippen LogP contribution in [0, 0.1) is 5.82 Å². The van der Waals surface area contributed by atoms with Crippen LogP contribution in [0.2, 0.25) is 0 Å². The number of nitrogens with zero attached hydrogens (tertiary/aromatic N) is 5. The van der Waals surface area contributed by atoms with Crippen molar-refractivity contribution >= 4 is 22.4 Å². The van der Waals surface area contributed by atoms with Gasteiger partial charge in [-0.15, -0.1) is 0 Å². The summed E-state index contributed by atoms with van der Waals surface area (Å²) in [7, 11) is 1.61. The van der Waals surface area contributed by atoms with Crippen LogP contribution < -0.4 is 14.8 Å². The lowest BCUT2D eigenvalue weighted by atomic mass is 9.96. The average molecular weight is 677 g/mol. The van der Waals surface area contributed by atoms with Crippen molar-refractivity contribution < 1.29 is 24.1 Å². The van der Waals surface area contributed by atoms with Crippen LogP contribution >= 0.6 is 0 Å². The van der Waals surface area contributed by atoms with Gasteiger partial charge in [-0.05, 0) is 72.2 Å². The number of aromatic nitrogens is 3. The number of fused-ring (bicyclic) bond motifs is 2. The van der Waals surface area contributed by atoms with Gasteiger partial charge in [0, 0.05) is 74.2 Å². The molecule has 0 radical (unpaired) electrons. The second-order valence-corrected chi connectivity index (χ2v) is 13.6. The number of anilines is 2. The molecule has 2 aromatic carbocycles. The van der Waals surface area contributed by atoms with Crippen molar-refractivity contribution in [3.8, 4) is 22.9 Å². The van der Waals surface area contributed by atoms with Gasteiger partial charge in [0.15, 0.2) is 11.6 Å². The molecule has 0 amide bonds. The van der Waals surface area contributed by atoms with E-state index in [1.165, 1.54) is 0 Å². The minimum absolute atomic E-state index is 0.225. The predicted molar refractivity (Wildman–Crippen MR) is 189 cm³/mol. The van der Waals surface area contributed by atoms with Crippen molar-refractivity contribution in [1.29, 1.82) is 0 Å². The van der Waals surface area contributed by atoms with Crippen molar-refractivity contribution in [3.05, 3.63) is 101 Å². The zero-order valence-corrected chi connectivity index (χ0v) is 28.1. The maximum absolute atomic E-state index is 16.4. The Balaban J connectivity index is 1.01. The van der Waals surface area contributed by atoms with Crippen LogP contribution in [0.25, 0.3) is 22.0 Å². The molecular formula is C39H41FN6O4. The van der Waals surface area contributed by atoms with Gasteiger partial charge in [-0.25, -0.2) is 9.37 Å². The largest absolute Gasteiger partial charge is 0.481 e. The predicted octanol–water partition coefficient (Wildman–Crippen LogP) is 5.78. The Bertz CT molecular complexity index is 2030. The Labute approximate surface area is 290 Å². The van der Waals surface area contributed by atoms with Crippen LogP contribution in [0.4, 0.5) is 15.9 Å². The third kappa shape index (κ3) is 6.61. The van der Waals surface area contributed by atoms with E-state index < -0.39 is 0 Å². The van der Waals surface area contributed by atoms with Crippen molar-refractivity contribution in [2.24, 2.45) is 0 Å². The molecule has 50 heavy (non-hydrogen) atoms. The van der Waals surface area contributed by atoms with Crippen molar-refractivity contribution in [2.75, 3.05) is 38.6 Å². The summed E-state index contributed by atoms with van der Waals surface area (Å²) in [6, 6.07) is 19.2. The molecule has 2 aliphatic heterocycles. The van der Waals surface area contributed by atoms with Crippen molar-refractivity contribution in [3.63, 3.8) is 0 Å². The highest BCUT2D eigenvalue weighted by Crippen LogP contribution is 2.42. The van der Waals surface area contributed by atoms with E-state index >= 15 is 4.39 Å². The molecule has 0 spiro atoms. The number of pyridine rings is 3. The Morgan fingerprint density at radius 3 is 2.46 bits per heavy atom. The van der Waals surface area contributed by atoms with E-state index in [-0.39, 0.29) is 24.1 Å². The van der Waals surface area contributed by atoms with Gasteiger partial charge < -0.3 is 25.0 Å². The average Bonchev–Trinajstić information content (AvgIpc) is 3.86. The molecular weight excluding hydrogens is 635 g/mol. The highest BCUT2D eigenvalue weighted by Gasteiger charge is 2.29. The second-order valence-electron chi connectivity index (χ2n) is 13.6. The summed E-state index contributed by atoms with van der Waals surface area (Å²) in [5.41, 5.74) is 6.42. The van der Waals surface area contributed by atoms with Gasteiger partial charge >= 0.3 is 0 Å². The molecule has 3 atom stereocenters. The smallest absolute Gasteiger partial charge is 0.220 e. The van der Waals surface area contributed by atoms with Gasteiger partial charge in [-0.3, -0.25) is 14.8 Å². The molecule has 1 aliphatic carbocycles. The van der Waals surface area contributed by atoms with E-state index in [4.69, 9.17) is 14.5 Å². The standard InChI is InChI=1S/C39H41FN6O4/c1-49-39-26(21-46-17-14-28(48)23-46)8-11-35(44-39)50-34-10-9-30-29(4-2-5-31(30)34)32-6-3-7-33(36(32)40)43-38-37-25(12-15-41-38)18-24(19-42-37)20-45-16-13-27(47)22-45/h2-8,11-12,15,18-19,27-28,34,47-48H,9-10,13-14,16-17,20-23H2,1H3,(H,41,43)/t27-,28-,34-/m1/s1. The molecule has 11 heteroatoms. The lowest BCUT2D eigenvalue weighted by molar-refractivity contribution is 0.173. The van der Waals surface area contributed by atoms with E-state index in [0.717, 1.165) is 78.5 Å². The van der Waals surface area contributed by atoms with Gasteiger partial charge in [-0.2, -0.15) is 4.98 Å². The number of benzene rings is 2. The Morgan fingerprint density at radius 1 is 0.900 bits per heavy atom.